The molecule has 0 radical (unpaired) electrons. The zero-order valence-corrected chi connectivity index (χ0v) is 12.1. The Morgan fingerprint density at radius 2 is 1.89 bits per heavy atom. The highest BCUT2D eigenvalue weighted by atomic mass is 15.3. The maximum Gasteiger partial charge on any atom is 0.0746 e. The van der Waals surface area contributed by atoms with Gasteiger partial charge in [-0.3, -0.25) is 10.5 Å². The smallest absolute Gasteiger partial charge is 0.0746 e. The second kappa shape index (κ2) is 5.55. The number of hydrogen-bond donors (Lipinski definition) is 2. The predicted molar refractivity (Wildman–Crippen MR) is 77.7 cm³/mol. The van der Waals surface area contributed by atoms with Crippen LogP contribution in [0.1, 0.15) is 41.0 Å². The van der Waals surface area contributed by atoms with Crippen LogP contribution in [-0.2, 0) is 13.5 Å². The Morgan fingerprint density at radius 1 is 1.26 bits per heavy atom. The molecular weight excluding hydrogens is 236 g/mol. The lowest BCUT2D eigenvalue weighted by Crippen LogP contribution is -2.29. The molecule has 0 bridgehead atoms. The third kappa shape index (κ3) is 2.55. The molecule has 0 spiro atoms. The van der Waals surface area contributed by atoms with Crippen LogP contribution in [-0.4, -0.2) is 9.78 Å². The molecular formula is C15H22N4. The molecule has 2 rings (SSSR count). The summed E-state index contributed by atoms with van der Waals surface area (Å²) in [5.74, 6) is 5.77. The maximum atomic E-state index is 5.77. The van der Waals surface area contributed by atoms with Crippen molar-refractivity contribution in [2.45, 2.75) is 33.2 Å². The lowest BCUT2D eigenvalue weighted by atomic mass is 9.96. The third-order valence-electron chi connectivity index (χ3n) is 3.74. The van der Waals surface area contributed by atoms with Crippen LogP contribution >= 0.6 is 0 Å². The van der Waals surface area contributed by atoms with Crippen molar-refractivity contribution in [2.24, 2.45) is 12.9 Å². The SMILES string of the molecule is CCc1ccc(C(NN)c2c(C)nn(C)c2C)cc1. The zero-order valence-electron chi connectivity index (χ0n) is 12.1. The van der Waals surface area contributed by atoms with Crippen molar-refractivity contribution >= 4 is 0 Å². The molecule has 0 aliphatic heterocycles. The van der Waals surface area contributed by atoms with Crippen LogP contribution in [0.2, 0.25) is 0 Å². The topological polar surface area (TPSA) is 55.9 Å². The molecule has 4 heteroatoms. The van der Waals surface area contributed by atoms with Crippen LogP contribution in [0, 0.1) is 13.8 Å². The quantitative estimate of drug-likeness (QED) is 0.652. The van der Waals surface area contributed by atoms with E-state index < -0.39 is 0 Å². The standard InChI is InChI=1S/C15H22N4/c1-5-12-6-8-13(9-7-12)15(17-16)14-10(2)18-19(4)11(14)3/h6-9,15,17H,5,16H2,1-4H3. The first kappa shape index (κ1) is 13.8. The van der Waals surface area contributed by atoms with E-state index in [2.05, 4.69) is 48.6 Å². The molecule has 0 aliphatic rings. The Hall–Kier alpha value is -1.65. The van der Waals surface area contributed by atoms with Crippen molar-refractivity contribution in [3.8, 4) is 0 Å². The normalized spacial score (nSPS) is 12.7. The van der Waals surface area contributed by atoms with Gasteiger partial charge in [-0.25, -0.2) is 5.43 Å². The van der Waals surface area contributed by atoms with Gasteiger partial charge in [0, 0.05) is 18.3 Å². The fourth-order valence-electron chi connectivity index (χ4n) is 2.50. The number of hydrogen-bond acceptors (Lipinski definition) is 3. The number of nitrogens with one attached hydrogen (secondary N) is 1. The largest absolute Gasteiger partial charge is 0.272 e. The Morgan fingerprint density at radius 3 is 2.32 bits per heavy atom. The number of rotatable bonds is 4. The Bertz CT molecular complexity index is 554. The van der Waals surface area contributed by atoms with E-state index in [9.17, 15) is 0 Å². The molecule has 1 unspecified atom stereocenters. The molecule has 1 atom stereocenters. The van der Waals surface area contributed by atoms with Gasteiger partial charge in [0.1, 0.15) is 0 Å². The molecule has 3 N–H and O–H groups in total. The predicted octanol–water partition coefficient (Wildman–Crippen LogP) is 2.15. The highest BCUT2D eigenvalue weighted by Crippen LogP contribution is 2.27. The lowest BCUT2D eigenvalue weighted by Gasteiger charge is -2.17. The van der Waals surface area contributed by atoms with Crippen LogP contribution in [0.15, 0.2) is 24.3 Å². The monoisotopic (exact) mass is 258 g/mol. The molecule has 19 heavy (non-hydrogen) atoms. The first-order valence-corrected chi connectivity index (χ1v) is 6.63. The van der Waals surface area contributed by atoms with E-state index >= 15 is 0 Å². The van der Waals surface area contributed by atoms with Crippen molar-refractivity contribution in [3.63, 3.8) is 0 Å². The van der Waals surface area contributed by atoms with E-state index in [4.69, 9.17) is 5.84 Å². The zero-order chi connectivity index (χ0) is 14.0. The molecule has 102 valence electrons. The van der Waals surface area contributed by atoms with Gasteiger partial charge in [0.2, 0.25) is 0 Å². The van der Waals surface area contributed by atoms with E-state index in [1.54, 1.807) is 0 Å². The van der Waals surface area contributed by atoms with Gasteiger partial charge in [0.15, 0.2) is 0 Å². The van der Waals surface area contributed by atoms with E-state index in [0.29, 0.717) is 0 Å². The summed E-state index contributed by atoms with van der Waals surface area (Å²) < 4.78 is 1.90. The molecule has 2 aromatic rings. The molecule has 0 aliphatic carbocycles. The highest BCUT2D eigenvalue weighted by Gasteiger charge is 2.20. The van der Waals surface area contributed by atoms with Crippen molar-refractivity contribution in [1.29, 1.82) is 0 Å². The average Bonchev–Trinajstić information content (AvgIpc) is 2.67. The first-order valence-electron chi connectivity index (χ1n) is 6.63. The number of aromatic nitrogens is 2. The van der Waals surface area contributed by atoms with Gasteiger partial charge in [-0.15, -0.1) is 0 Å². The summed E-state index contributed by atoms with van der Waals surface area (Å²) in [6.45, 7) is 6.25. The van der Waals surface area contributed by atoms with E-state index in [1.165, 1.54) is 11.1 Å². The minimum atomic E-state index is -0.0143. The van der Waals surface area contributed by atoms with Crippen LogP contribution in [0.5, 0.6) is 0 Å². The van der Waals surface area contributed by atoms with Crippen molar-refractivity contribution in [2.75, 3.05) is 0 Å². The molecule has 1 aromatic heterocycles. The molecule has 0 amide bonds. The Balaban J connectivity index is 2.43. The minimum Gasteiger partial charge on any atom is -0.272 e. The van der Waals surface area contributed by atoms with Crippen LogP contribution in [0.3, 0.4) is 0 Å². The lowest BCUT2D eigenvalue weighted by molar-refractivity contribution is 0.628. The van der Waals surface area contributed by atoms with Gasteiger partial charge >= 0.3 is 0 Å². The van der Waals surface area contributed by atoms with E-state index in [1.807, 2.05) is 18.7 Å². The van der Waals surface area contributed by atoms with Crippen molar-refractivity contribution in [1.82, 2.24) is 15.2 Å². The number of aryl methyl sites for hydroxylation is 3. The van der Waals surface area contributed by atoms with Crippen LogP contribution in [0.25, 0.3) is 0 Å². The summed E-state index contributed by atoms with van der Waals surface area (Å²) in [6.07, 6.45) is 1.05. The molecule has 4 nitrogen and oxygen atoms in total. The second-order valence-electron chi connectivity index (χ2n) is 4.90. The summed E-state index contributed by atoms with van der Waals surface area (Å²) in [5.41, 5.74) is 8.73. The average molecular weight is 258 g/mol. The van der Waals surface area contributed by atoms with E-state index in [-0.39, 0.29) is 6.04 Å². The van der Waals surface area contributed by atoms with Gasteiger partial charge < -0.3 is 0 Å². The fraction of sp³-hybridized carbons (Fsp3) is 0.400. The van der Waals surface area contributed by atoms with Gasteiger partial charge in [-0.05, 0) is 31.4 Å². The molecule has 0 fully saturated rings. The van der Waals surface area contributed by atoms with Crippen molar-refractivity contribution < 1.29 is 0 Å². The van der Waals surface area contributed by atoms with Gasteiger partial charge in [0.25, 0.3) is 0 Å². The van der Waals surface area contributed by atoms with Gasteiger partial charge in [0.05, 0.1) is 11.7 Å². The molecule has 0 saturated heterocycles. The summed E-state index contributed by atoms with van der Waals surface area (Å²) in [5, 5.41) is 4.46. The van der Waals surface area contributed by atoms with Gasteiger partial charge in [-0.1, -0.05) is 31.2 Å². The molecule has 1 heterocycles. The van der Waals surface area contributed by atoms with Gasteiger partial charge in [-0.2, -0.15) is 5.10 Å². The fourth-order valence-corrected chi connectivity index (χ4v) is 2.50. The molecule has 0 saturated carbocycles. The number of nitrogens with two attached hydrogens (primary N) is 1. The summed E-state index contributed by atoms with van der Waals surface area (Å²) in [7, 11) is 1.96. The minimum absolute atomic E-state index is 0.0143. The van der Waals surface area contributed by atoms with Crippen LogP contribution < -0.4 is 11.3 Å². The maximum absolute atomic E-state index is 5.77. The van der Waals surface area contributed by atoms with Crippen LogP contribution in [0.4, 0.5) is 0 Å². The van der Waals surface area contributed by atoms with E-state index in [0.717, 1.165) is 23.4 Å². The number of benzene rings is 1. The van der Waals surface area contributed by atoms with Crippen molar-refractivity contribution in [3.05, 3.63) is 52.3 Å². The summed E-state index contributed by atoms with van der Waals surface area (Å²) >= 11 is 0. The first-order chi connectivity index (χ1) is 9.08. The number of nitrogens with zero attached hydrogens (tertiary/aromatic N) is 2. The Kier molecular flexibility index (Phi) is 4.02. The number of hydrazine groups is 1. The Labute approximate surface area is 114 Å². The summed E-state index contributed by atoms with van der Waals surface area (Å²) in [4.78, 5) is 0. The molecule has 1 aromatic carbocycles. The summed E-state index contributed by atoms with van der Waals surface area (Å²) in [6, 6.07) is 8.56. The third-order valence-corrected chi connectivity index (χ3v) is 3.74. The second-order valence-corrected chi connectivity index (χ2v) is 4.90. The highest BCUT2D eigenvalue weighted by molar-refractivity contribution is 5.37.